The van der Waals surface area contributed by atoms with Crippen molar-refractivity contribution in [2.24, 2.45) is 0 Å². The molecule has 7 heavy (non-hydrogen) atoms. The van der Waals surface area contributed by atoms with Gasteiger partial charge in [0.15, 0.2) is 0 Å². The normalized spacial score (nSPS) is 6.86. The van der Waals surface area contributed by atoms with Gasteiger partial charge in [0.2, 0.25) is 0 Å². The van der Waals surface area contributed by atoms with E-state index >= 15 is 0 Å². The SMILES string of the molecule is CCCC.O[SiH2]O. The predicted molar refractivity (Wildman–Crippen MR) is 33.6 cm³/mol. The fourth-order valence-electron chi connectivity index (χ4n) is 0. The van der Waals surface area contributed by atoms with E-state index in [0.29, 0.717) is 0 Å². The van der Waals surface area contributed by atoms with Gasteiger partial charge in [0.05, 0.1) is 0 Å². The first-order valence-electron chi connectivity index (χ1n) is 2.55. The molecule has 0 aliphatic carbocycles. The molecule has 0 aliphatic heterocycles. The molecule has 46 valence electrons. The second kappa shape index (κ2) is 16.5. The lowest BCUT2D eigenvalue weighted by molar-refractivity contribution is 0.448. The first kappa shape index (κ1) is 10.2. The van der Waals surface area contributed by atoms with Crippen LogP contribution in [-0.4, -0.2) is 19.6 Å². The smallest absolute Gasteiger partial charge is 0.299 e. The van der Waals surface area contributed by atoms with Gasteiger partial charge in [-0.1, -0.05) is 26.7 Å². The molecule has 0 amide bonds. The van der Waals surface area contributed by atoms with Gasteiger partial charge in [-0.25, -0.2) is 0 Å². The van der Waals surface area contributed by atoms with Gasteiger partial charge >= 0.3 is 0 Å². The minimum absolute atomic E-state index is 1.32. The summed E-state index contributed by atoms with van der Waals surface area (Å²) in [6.45, 7) is 4.36. The summed E-state index contributed by atoms with van der Waals surface area (Å²) in [6, 6.07) is 0. The average Bonchev–Trinajstić information content (AvgIpc) is 1.69. The molecule has 2 N–H and O–H groups in total. The monoisotopic (exact) mass is 122 g/mol. The van der Waals surface area contributed by atoms with Gasteiger partial charge in [-0.05, 0) is 0 Å². The van der Waals surface area contributed by atoms with Crippen LogP contribution in [0, 0.1) is 0 Å². The van der Waals surface area contributed by atoms with Gasteiger partial charge in [0.1, 0.15) is 0 Å². The number of rotatable bonds is 1. The standard InChI is InChI=1S/C4H10.H4O2Si/c1-3-4-2;1-3-2/h3-4H2,1-2H3;1-2H,3H2. The van der Waals surface area contributed by atoms with E-state index in [2.05, 4.69) is 13.8 Å². The number of hydrogen-bond acceptors (Lipinski definition) is 2. The summed E-state index contributed by atoms with van der Waals surface area (Å²) in [5, 5.41) is 0. The summed E-state index contributed by atoms with van der Waals surface area (Å²) in [7, 11) is -1.58. The largest absolute Gasteiger partial charge is 0.415 e. The van der Waals surface area contributed by atoms with Crippen LogP contribution in [0.3, 0.4) is 0 Å². The van der Waals surface area contributed by atoms with Gasteiger partial charge in [-0.15, -0.1) is 0 Å². The topological polar surface area (TPSA) is 40.5 Å². The van der Waals surface area contributed by atoms with Gasteiger partial charge in [-0.3, -0.25) is 0 Å². The van der Waals surface area contributed by atoms with Crippen LogP contribution in [0.5, 0.6) is 0 Å². The molecular weight excluding hydrogens is 108 g/mol. The quantitative estimate of drug-likeness (QED) is 0.472. The van der Waals surface area contributed by atoms with Gasteiger partial charge in [-0.2, -0.15) is 0 Å². The maximum atomic E-state index is 7.26. The highest BCUT2D eigenvalue weighted by Crippen LogP contribution is 1.76. The first-order chi connectivity index (χ1) is 3.33. The van der Waals surface area contributed by atoms with E-state index in [1.54, 1.807) is 0 Å². The Morgan fingerprint density at radius 3 is 1.29 bits per heavy atom. The van der Waals surface area contributed by atoms with Crippen LogP contribution in [-0.2, 0) is 0 Å². The van der Waals surface area contributed by atoms with Crippen LogP contribution in [0.15, 0.2) is 0 Å². The molecular formula is C4H14O2Si. The molecule has 0 saturated carbocycles. The molecule has 0 aromatic heterocycles. The second-order valence-corrected chi connectivity index (χ2v) is 1.42. The van der Waals surface area contributed by atoms with Crippen LogP contribution < -0.4 is 0 Å². The zero-order valence-electron chi connectivity index (χ0n) is 5.02. The molecule has 0 rings (SSSR count). The van der Waals surface area contributed by atoms with Crippen molar-refractivity contribution in [1.29, 1.82) is 0 Å². The van der Waals surface area contributed by atoms with E-state index in [0.717, 1.165) is 0 Å². The summed E-state index contributed by atoms with van der Waals surface area (Å²) in [5.74, 6) is 0. The fourth-order valence-corrected chi connectivity index (χ4v) is 0. The van der Waals surface area contributed by atoms with Crippen LogP contribution in [0.4, 0.5) is 0 Å². The lowest BCUT2D eigenvalue weighted by Gasteiger charge is -1.68. The number of unbranched alkanes of at least 4 members (excludes halogenated alkanes) is 1. The summed E-state index contributed by atoms with van der Waals surface area (Å²) in [5.41, 5.74) is 0. The third-order valence-corrected chi connectivity index (χ3v) is 0.500. The van der Waals surface area contributed by atoms with Crippen molar-refractivity contribution in [3.8, 4) is 0 Å². The molecule has 0 fully saturated rings. The van der Waals surface area contributed by atoms with Crippen molar-refractivity contribution in [3.05, 3.63) is 0 Å². The molecule has 0 aromatic carbocycles. The average molecular weight is 122 g/mol. The highest BCUT2D eigenvalue weighted by atomic mass is 28.2. The van der Waals surface area contributed by atoms with Crippen LogP contribution >= 0.6 is 0 Å². The third-order valence-electron chi connectivity index (χ3n) is 0.500. The maximum Gasteiger partial charge on any atom is 0.299 e. The van der Waals surface area contributed by atoms with Crippen molar-refractivity contribution in [2.75, 3.05) is 0 Å². The van der Waals surface area contributed by atoms with E-state index < -0.39 is 10.0 Å². The Labute approximate surface area is 47.2 Å². The zero-order chi connectivity index (χ0) is 6.12. The summed E-state index contributed by atoms with van der Waals surface area (Å²) in [6.07, 6.45) is 2.64. The van der Waals surface area contributed by atoms with Crippen molar-refractivity contribution in [3.63, 3.8) is 0 Å². The van der Waals surface area contributed by atoms with Crippen molar-refractivity contribution < 1.29 is 9.59 Å². The molecule has 0 heterocycles. The Bertz CT molecular complexity index is 17.2. The Morgan fingerprint density at radius 1 is 1.14 bits per heavy atom. The molecule has 0 unspecified atom stereocenters. The molecule has 0 atom stereocenters. The van der Waals surface area contributed by atoms with Gasteiger partial charge in [0.25, 0.3) is 10.0 Å². The lowest BCUT2D eigenvalue weighted by atomic mass is 10.4. The summed E-state index contributed by atoms with van der Waals surface area (Å²) < 4.78 is 0. The molecule has 2 nitrogen and oxygen atoms in total. The highest BCUT2D eigenvalue weighted by molar-refractivity contribution is 6.13. The van der Waals surface area contributed by atoms with Crippen molar-refractivity contribution in [2.45, 2.75) is 26.7 Å². The molecule has 0 spiro atoms. The fraction of sp³-hybridized carbons (Fsp3) is 1.00. The minimum Gasteiger partial charge on any atom is -0.415 e. The van der Waals surface area contributed by atoms with Gasteiger partial charge < -0.3 is 9.59 Å². The number of hydrogen-bond donors (Lipinski definition) is 2. The van der Waals surface area contributed by atoms with Crippen LogP contribution in [0.2, 0.25) is 0 Å². The Morgan fingerprint density at radius 2 is 1.29 bits per heavy atom. The molecule has 3 heteroatoms. The van der Waals surface area contributed by atoms with E-state index in [-0.39, 0.29) is 0 Å². The van der Waals surface area contributed by atoms with E-state index in [1.807, 2.05) is 0 Å². The third kappa shape index (κ3) is 81.3. The lowest BCUT2D eigenvalue weighted by Crippen LogP contribution is -1.75. The Hall–Kier alpha value is 0.137. The maximum absolute atomic E-state index is 7.26. The van der Waals surface area contributed by atoms with Crippen LogP contribution in [0.1, 0.15) is 26.7 Å². The molecule has 0 aromatic rings. The molecule has 0 saturated heterocycles. The summed E-state index contributed by atoms with van der Waals surface area (Å²) in [4.78, 5) is 14.5. The Kier molecular flexibility index (Phi) is 23.9. The predicted octanol–water partition coefficient (Wildman–Crippen LogP) is -0.224. The first-order valence-corrected chi connectivity index (χ1v) is 3.81. The van der Waals surface area contributed by atoms with E-state index in [9.17, 15) is 0 Å². The van der Waals surface area contributed by atoms with E-state index in [4.69, 9.17) is 9.59 Å². The molecule has 0 bridgehead atoms. The zero-order valence-corrected chi connectivity index (χ0v) is 6.43. The molecule has 0 aliphatic rings. The molecule has 0 radical (unpaired) electrons. The minimum atomic E-state index is -1.58. The van der Waals surface area contributed by atoms with E-state index in [1.165, 1.54) is 12.8 Å². The van der Waals surface area contributed by atoms with Crippen molar-refractivity contribution in [1.82, 2.24) is 0 Å². The van der Waals surface area contributed by atoms with Crippen molar-refractivity contribution >= 4 is 10.0 Å². The van der Waals surface area contributed by atoms with Crippen LogP contribution in [0.25, 0.3) is 0 Å². The van der Waals surface area contributed by atoms with Gasteiger partial charge in [0, 0.05) is 0 Å². The summed E-state index contributed by atoms with van der Waals surface area (Å²) >= 11 is 0. The second-order valence-electron chi connectivity index (χ2n) is 1.14. The highest BCUT2D eigenvalue weighted by Gasteiger charge is 1.56. The Balaban J connectivity index is 0.